The number of carbonyl (C=O) groups excluding carboxylic acids is 1. The number of rotatable bonds is 4. The molecule has 1 fully saturated rings. The number of pyridine rings is 1. The molecule has 0 amide bonds. The van der Waals surface area contributed by atoms with Gasteiger partial charge in [-0.25, -0.2) is 9.78 Å². The van der Waals surface area contributed by atoms with E-state index in [4.69, 9.17) is 15.2 Å². The summed E-state index contributed by atoms with van der Waals surface area (Å²) in [7, 11) is 0. The summed E-state index contributed by atoms with van der Waals surface area (Å²) in [5, 5.41) is 0. The molecule has 2 unspecified atom stereocenters. The molecule has 2 N–H and O–H groups in total. The number of hydrogen-bond donors (Lipinski definition) is 1. The first kappa shape index (κ1) is 13.8. The highest BCUT2D eigenvalue weighted by atomic mass is 16.5. The molecule has 0 bridgehead atoms. The van der Waals surface area contributed by atoms with E-state index < -0.39 is 0 Å². The van der Waals surface area contributed by atoms with Crippen molar-refractivity contribution < 1.29 is 14.3 Å². The molecule has 5 nitrogen and oxygen atoms in total. The molecule has 0 spiro atoms. The Morgan fingerprint density at radius 3 is 2.95 bits per heavy atom. The summed E-state index contributed by atoms with van der Waals surface area (Å²) in [6, 6.07) is 3.59. The maximum atomic E-state index is 11.5. The molecule has 19 heavy (non-hydrogen) atoms. The van der Waals surface area contributed by atoms with Crippen LogP contribution in [0.3, 0.4) is 0 Å². The van der Waals surface area contributed by atoms with Crippen LogP contribution < -0.4 is 10.5 Å². The van der Waals surface area contributed by atoms with Crippen LogP contribution in [-0.2, 0) is 4.74 Å². The monoisotopic (exact) mass is 264 g/mol. The fourth-order valence-corrected chi connectivity index (χ4v) is 2.24. The molecule has 1 saturated carbocycles. The molecule has 5 heteroatoms. The zero-order chi connectivity index (χ0) is 13.7. The lowest BCUT2D eigenvalue weighted by molar-refractivity contribution is 0.0525. The minimum Gasteiger partial charge on any atom is -0.474 e. The minimum atomic E-state index is -0.360. The van der Waals surface area contributed by atoms with Crippen molar-refractivity contribution in [1.82, 2.24) is 4.98 Å². The van der Waals surface area contributed by atoms with Gasteiger partial charge in [0.05, 0.1) is 12.2 Å². The molecule has 0 radical (unpaired) electrons. The lowest BCUT2D eigenvalue weighted by Gasteiger charge is -2.26. The third kappa shape index (κ3) is 3.92. The van der Waals surface area contributed by atoms with Gasteiger partial charge in [-0.15, -0.1) is 0 Å². The predicted molar refractivity (Wildman–Crippen MR) is 71.1 cm³/mol. The number of esters is 1. The van der Waals surface area contributed by atoms with Crippen LogP contribution in [-0.4, -0.2) is 29.7 Å². The van der Waals surface area contributed by atoms with Crippen LogP contribution in [0.5, 0.6) is 5.88 Å². The highest BCUT2D eigenvalue weighted by Gasteiger charge is 2.21. The van der Waals surface area contributed by atoms with Gasteiger partial charge in [0.25, 0.3) is 0 Å². The highest BCUT2D eigenvalue weighted by molar-refractivity contribution is 5.89. The summed E-state index contributed by atoms with van der Waals surface area (Å²) in [5.74, 6) is 0.174. The molecule has 2 rings (SSSR count). The van der Waals surface area contributed by atoms with Gasteiger partial charge in [0.2, 0.25) is 5.88 Å². The van der Waals surface area contributed by atoms with Crippen LogP contribution in [0.1, 0.15) is 43.0 Å². The Bertz CT molecular complexity index is 419. The quantitative estimate of drug-likeness (QED) is 0.841. The van der Waals surface area contributed by atoms with E-state index >= 15 is 0 Å². The van der Waals surface area contributed by atoms with E-state index in [1.807, 2.05) is 0 Å². The Balaban J connectivity index is 1.93. The molecule has 1 aliphatic rings. The van der Waals surface area contributed by atoms with Crippen molar-refractivity contribution >= 4 is 5.97 Å². The fraction of sp³-hybridized carbons (Fsp3) is 0.571. The Morgan fingerprint density at radius 1 is 1.47 bits per heavy atom. The minimum absolute atomic E-state index is 0.129. The molecular formula is C14H20N2O3. The second kappa shape index (κ2) is 6.52. The molecule has 0 saturated heterocycles. The molecule has 2 atom stereocenters. The number of ether oxygens (including phenoxy) is 2. The summed E-state index contributed by atoms with van der Waals surface area (Å²) in [5.41, 5.74) is 6.35. The van der Waals surface area contributed by atoms with Gasteiger partial charge in [0.1, 0.15) is 6.10 Å². The van der Waals surface area contributed by atoms with Crippen LogP contribution in [0.25, 0.3) is 0 Å². The number of nitrogens with zero attached hydrogens (tertiary/aromatic N) is 1. The van der Waals surface area contributed by atoms with Crippen molar-refractivity contribution in [3.8, 4) is 5.88 Å². The fourth-order valence-electron chi connectivity index (χ4n) is 2.24. The molecule has 1 aromatic rings. The molecule has 0 aromatic carbocycles. The lowest BCUT2D eigenvalue weighted by Crippen LogP contribution is -2.33. The van der Waals surface area contributed by atoms with E-state index in [0.717, 1.165) is 25.7 Å². The van der Waals surface area contributed by atoms with Crippen LogP contribution in [0, 0.1) is 0 Å². The van der Waals surface area contributed by atoms with Crippen molar-refractivity contribution in [3.63, 3.8) is 0 Å². The van der Waals surface area contributed by atoms with Gasteiger partial charge < -0.3 is 15.2 Å². The van der Waals surface area contributed by atoms with Gasteiger partial charge in [-0.05, 0) is 38.7 Å². The van der Waals surface area contributed by atoms with E-state index in [1.165, 1.54) is 6.20 Å². The first-order chi connectivity index (χ1) is 9.19. The Kier molecular flexibility index (Phi) is 4.74. The molecule has 104 valence electrons. The van der Waals surface area contributed by atoms with Gasteiger partial charge >= 0.3 is 5.97 Å². The summed E-state index contributed by atoms with van der Waals surface area (Å²) >= 11 is 0. The van der Waals surface area contributed by atoms with E-state index in [0.29, 0.717) is 18.1 Å². The zero-order valence-electron chi connectivity index (χ0n) is 11.2. The number of nitrogens with two attached hydrogens (primary N) is 1. The van der Waals surface area contributed by atoms with Crippen molar-refractivity contribution in [1.29, 1.82) is 0 Å². The highest BCUT2D eigenvalue weighted by Crippen LogP contribution is 2.21. The molecular weight excluding hydrogens is 244 g/mol. The third-order valence-corrected chi connectivity index (χ3v) is 3.20. The smallest absolute Gasteiger partial charge is 0.339 e. The van der Waals surface area contributed by atoms with Gasteiger partial charge in [0, 0.05) is 18.3 Å². The first-order valence-corrected chi connectivity index (χ1v) is 6.74. The van der Waals surface area contributed by atoms with Crippen molar-refractivity contribution in [2.24, 2.45) is 5.73 Å². The second-order valence-electron chi connectivity index (χ2n) is 4.77. The van der Waals surface area contributed by atoms with Gasteiger partial charge in [0.15, 0.2) is 0 Å². The summed E-state index contributed by atoms with van der Waals surface area (Å²) < 4.78 is 10.7. The van der Waals surface area contributed by atoms with Gasteiger partial charge in [-0.2, -0.15) is 0 Å². The summed E-state index contributed by atoms with van der Waals surface area (Å²) in [6.07, 6.45) is 5.64. The summed E-state index contributed by atoms with van der Waals surface area (Å²) in [4.78, 5) is 15.6. The maximum Gasteiger partial charge on any atom is 0.339 e. The molecule has 1 heterocycles. The van der Waals surface area contributed by atoms with E-state index in [2.05, 4.69) is 4.98 Å². The lowest BCUT2D eigenvalue weighted by atomic mass is 9.94. The van der Waals surface area contributed by atoms with Crippen LogP contribution in [0.4, 0.5) is 0 Å². The van der Waals surface area contributed by atoms with Crippen LogP contribution >= 0.6 is 0 Å². The van der Waals surface area contributed by atoms with Crippen LogP contribution in [0.15, 0.2) is 18.3 Å². The Hall–Kier alpha value is -1.62. The van der Waals surface area contributed by atoms with E-state index in [1.54, 1.807) is 19.1 Å². The van der Waals surface area contributed by atoms with Crippen molar-refractivity contribution in [2.75, 3.05) is 6.61 Å². The normalized spacial score (nSPS) is 22.8. The molecule has 1 aliphatic carbocycles. The van der Waals surface area contributed by atoms with Gasteiger partial charge in [-0.3, -0.25) is 0 Å². The topological polar surface area (TPSA) is 74.4 Å². The predicted octanol–water partition coefficient (Wildman–Crippen LogP) is 1.91. The van der Waals surface area contributed by atoms with Crippen LogP contribution in [0.2, 0.25) is 0 Å². The third-order valence-electron chi connectivity index (χ3n) is 3.20. The average Bonchev–Trinajstić information content (AvgIpc) is 2.40. The van der Waals surface area contributed by atoms with E-state index in [9.17, 15) is 4.79 Å². The summed E-state index contributed by atoms with van der Waals surface area (Å²) in [6.45, 7) is 2.13. The van der Waals surface area contributed by atoms with Gasteiger partial charge in [-0.1, -0.05) is 0 Å². The molecule has 1 aromatic heterocycles. The first-order valence-electron chi connectivity index (χ1n) is 6.74. The molecule has 0 aliphatic heterocycles. The number of carbonyl (C=O) groups is 1. The Morgan fingerprint density at radius 2 is 2.32 bits per heavy atom. The number of hydrogen-bond acceptors (Lipinski definition) is 5. The number of aromatic nitrogens is 1. The zero-order valence-corrected chi connectivity index (χ0v) is 11.2. The maximum absolute atomic E-state index is 11.5. The average molecular weight is 264 g/mol. The van der Waals surface area contributed by atoms with Crippen molar-refractivity contribution in [3.05, 3.63) is 23.9 Å². The SMILES string of the molecule is CCOC(=O)c1ccc(OC2CCCC(N)C2)nc1. The standard InChI is InChI=1S/C14H20N2O3/c1-2-18-14(17)10-6-7-13(16-9-10)19-12-5-3-4-11(15)8-12/h6-7,9,11-12H,2-5,8,15H2,1H3. The van der Waals surface area contributed by atoms with Crippen molar-refractivity contribution in [2.45, 2.75) is 44.8 Å². The van der Waals surface area contributed by atoms with E-state index in [-0.39, 0.29) is 18.1 Å². The Labute approximate surface area is 113 Å². The largest absolute Gasteiger partial charge is 0.474 e. The second-order valence-corrected chi connectivity index (χ2v) is 4.77.